The fourth-order valence-electron chi connectivity index (χ4n) is 3.35. The number of aromatic nitrogens is 3. The Morgan fingerprint density at radius 1 is 1.07 bits per heavy atom. The lowest BCUT2D eigenvalue weighted by molar-refractivity contribution is 0.0123. The fraction of sp³-hybridized carbons (Fsp3) is 0.227. The summed E-state index contributed by atoms with van der Waals surface area (Å²) in [5.41, 5.74) is 10.1. The van der Waals surface area contributed by atoms with E-state index in [2.05, 4.69) is 4.98 Å². The highest BCUT2D eigenvalue weighted by Gasteiger charge is 2.26. The zero-order valence-electron chi connectivity index (χ0n) is 16.3. The van der Waals surface area contributed by atoms with Gasteiger partial charge < -0.3 is 19.8 Å². The minimum absolute atomic E-state index is 0.233. The molecule has 0 saturated carbocycles. The summed E-state index contributed by atoms with van der Waals surface area (Å²) in [6, 6.07) is 17.4. The van der Waals surface area contributed by atoms with Crippen LogP contribution in [-0.2, 0) is 16.0 Å². The van der Waals surface area contributed by atoms with Crippen molar-refractivity contribution < 1.29 is 14.3 Å². The molecule has 7 nitrogen and oxygen atoms in total. The number of benzene rings is 2. The molecule has 0 aliphatic carbocycles. The number of hydrogen-bond acceptors (Lipinski definition) is 6. The molecule has 2 heterocycles. The van der Waals surface area contributed by atoms with E-state index in [0.717, 1.165) is 11.1 Å². The van der Waals surface area contributed by atoms with Gasteiger partial charge in [0, 0.05) is 7.11 Å². The molecule has 7 heteroatoms. The van der Waals surface area contributed by atoms with E-state index in [-0.39, 0.29) is 11.4 Å². The third-order valence-electron chi connectivity index (χ3n) is 4.69. The van der Waals surface area contributed by atoms with E-state index in [1.165, 1.54) is 0 Å². The van der Waals surface area contributed by atoms with Crippen LogP contribution in [0, 0.1) is 0 Å². The summed E-state index contributed by atoms with van der Waals surface area (Å²) in [7, 11) is 1.56. The van der Waals surface area contributed by atoms with Gasteiger partial charge >= 0.3 is 5.97 Å². The lowest BCUT2D eigenvalue weighted by Crippen LogP contribution is -2.20. The van der Waals surface area contributed by atoms with E-state index < -0.39 is 12.1 Å². The molecule has 2 aromatic carbocycles. The van der Waals surface area contributed by atoms with E-state index >= 15 is 0 Å². The Bertz CT molecular complexity index is 1170. The van der Waals surface area contributed by atoms with Crippen molar-refractivity contribution in [1.82, 2.24) is 14.5 Å². The number of para-hydroxylation sites is 2. The van der Waals surface area contributed by atoms with Crippen molar-refractivity contribution in [3.05, 3.63) is 65.7 Å². The third kappa shape index (κ3) is 3.64. The zero-order chi connectivity index (χ0) is 20.4. The van der Waals surface area contributed by atoms with E-state index in [1.807, 2.05) is 59.2 Å². The van der Waals surface area contributed by atoms with Crippen LogP contribution in [0.5, 0.6) is 0 Å². The molecule has 29 heavy (non-hydrogen) atoms. The standard InChI is InChI=1S/C22H22N4O3/c1-14(13-28-2)29-22(27)18-19-21(25-17-11-7-6-10-16(17)24-19)26(20(18)23)12-15-8-4-3-5-9-15/h3-11,14H,12-13,23H2,1-2H3/t14-/m0/s1. The van der Waals surface area contributed by atoms with Gasteiger partial charge in [-0.2, -0.15) is 0 Å². The second-order valence-electron chi connectivity index (χ2n) is 6.89. The first kappa shape index (κ1) is 18.9. The lowest BCUT2D eigenvalue weighted by atomic mass is 10.2. The molecule has 0 radical (unpaired) electrons. The van der Waals surface area contributed by atoms with Crippen LogP contribution in [0.3, 0.4) is 0 Å². The zero-order valence-corrected chi connectivity index (χ0v) is 16.3. The molecule has 0 bridgehead atoms. The highest BCUT2D eigenvalue weighted by molar-refractivity contribution is 6.08. The number of nitrogen functional groups attached to an aromatic ring is 1. The summed E-state index contributed by atoms with van der Waals surface area (Å²) in [5, 5.41) is 0. The Balaban J connectivity index is 1.88. The van der Waals surface area contributed by atoms with Crippen molar-refractivity contribution in [1.29, 1.82) is 0 Å². The minimum Gasteiger partial charge on any atom is -0.456 e. The van der Waals surface area contributed by atoms with Crippen molar-refractivity contribution in [3.8, 4) is 0 Å². The molecule has 0 spiro atoms. The number of carbonyl (C=O) groups is 1. The molecule has 4 rings (SSSR count). The van der Waals surface area contributed by atoms with Gasteiger partial charge in [-0.3, -0.25) is 0 Å². The Morgan fingerprint density at radius 3 is 2.41 bits per heavy atom. The highest BCUT2D eigenvalue weighted by atomic mass is 16.6. The number of nitrogens with zero attached hydrogens (tertiary/aromatic N) is 3. The summed E-state index contributed by atoms with van der Waals surface area (Å²) in [5.74, 6) is -0.248. The average molecular weight is 390 g/mol. The molecule has 0 unspecified atom stereocenters. The van der Waals surface area contributed by atoms with Crippen LogP contribution in [0.15, 0.2) is 54.6 Å². The summed E-state index contributed by atoms with van der Waals surface area (Å²) in [6.07, 6.45) is -0.409. The molecule has 2 aromatic heterocycles. The van der Waals surface area contributed by atoms with Crippen molar-refractivity contribution in [3.63, 3.8) is 0 Å². The van der Waals surface area contributed by atoms with Crippen molar-refractivity contribution in [2.24, 2.45) is 0 Å². The lowest BCUT2D eigenvalue weighted by Gasteiger charge is -2.12. The SMILES string of the molecule is COC[C@H](C)OC(=O)c1c(N)n(Cc2ccccc2)c2nc3ccccc3nc12. The number of esters is 1. The van der Waals surface area contributed by atoms with E-state index in [1.54, 1.807) is 14.0 Å². The maximum absolute atomic E-state index is 12.9. The van der Waals surface area contributed by atoms with Gasteiger partial charge in [0.25, 0.3) is 0 Å². The summed E-state index contributed by atoms with van der Waals surface area (Å²) in [4.78, 5) is 22.3. The molecule has 0 fully saturated rings. The van der Waals surface area contributed by atoms with Gasteiger partial charge in [0.15, 0.2) is 5.65 Å². The van der Waals surface area contributed by atoms with Crippen molar-refractivity contribution in [2.45, 2.75) is 19.6 Å². The first-order valence-corrected chi connectivity index (χ1v) is 9.36. The molecular weight excluding hydrogens is 368 g/mol. The van der Waals surface area contributed by atoms with E-state index in [0.29, 0.717) is 29.8 Å². The number of nitrogens with two attached hydrogens (primary N) is 1. The molecule has 148 valence electrons. The van der Waals surface area contributed by atoms with Gasteiger partial charge in [-0.15, -0.1) is 0 Å². The van der Waals surface area contributed by atoms with Crippen LogP contribution in [0.2, 0.25) is 0 Å². The number of rotatable bonds is 6. The number of anilines is 1. The molecule has 1 atom stereocenters. The summed E-state index contributed by atoms with van der Waals surface area (Å²) >= 11 is 0. The van der Waals surface area contributed by atoms with Gasteiger partial charge in [0.1, 0.15) is 23.0 Å². The first-order valence-electron chi connectivity index (χ1n) is 9.36. The molecule has 0 saturated heterocycles. The summed E-state index contributed by atoms with van der Waals surface area (Å²) < 4.78 is 12.4. The third-order valence-corrected chi connectivity index (χ3v) is 4.69. The number of hydrogen-bond donors (Lipinski definition) is 1. The highest BCUT2D eigenvalue weighted by Crippen LogP contribution is 2.29. The van der Waals surface area contributed by atoms with Gasteiger partial charge in [0.05, 0.1) is 24.2 Å². The monoisotopic (exact) mass is 390 g/mol. The Kier molecular flexibility index (Phi) is 5.14. The van der Waals surface area contributed by atoms with Crippen molar-refractivity contribution >= 4 is 34.0 Å². The van der Waals surface area contributed by atoms with Crippen LogP contribution in [0.4, 0.5) is 5.82 Å². The average Bonchev–Trinajstić information content (AvgIpc) is 2.98. The maximum atomic E-state index is 12.9. The van der Waals surface area contributed by atoms with Crippen LogP contribution in [-0.4, -0.2) is 40.3 Å². The van der Waals surface area contributed by atoms with Crippen LogP contribution in [0.1, 0.15) is 22.8 Å². The number of fused-ring (bicyclic) bond motifs is 2. The molecule has 4 aromatic rings. The number of ether oxygens (including phenoxy) is 2. The quantitative estimate of drug-likeness (QED) is 0.507. The van der Waals surface area contributed by atoms with Crippen LogP contribution >= 0.6 is 0 Å². The largest absolute Gasteiger partial charge is 0.456 e. The minimum atomic E-state index is -0.534. The molecule has 2 N–H and O–H groups in total. The van der Waals surface area contributed by atoms with Crippen LogP contribution < -0.4 is 5.73 Å². The van der Waals surface area contributed by atoms with Crippen molar-refractivity contribution in [2.75, 3.05) is 19.5 Å². The fourth-order valence-corrected chi connectivity index (χ4v) is 3.35. The number of methoxy groups -OCH3 is 1. The summed E-state index contributed by atoms with van der Waals surface area (Å²) in [6.45, 7) is 2.53. The van der Waals surface area contributed by atoms with Gasteiger partial charge in [-0.1, -0.05) is 42.5 Å². The second-order valence-corrected chi connectivity index (χ2v) is 6.89. The van der Waals surface area contributed by atoms with E-state index in [4.69, 9.17) is 20.2 Å². The van der Waals surface area contributed by atoms with Gasteiger partial charge in [-0.05, 0) is 24.6 Å². The first-order chi connectivity index (χ1) is 14.1. The predicted octanol–water partition coefficient (Wildman–Crippen LogP) is 3.41. The molecule has 0 aliphatic rings. The molecular formula is C22H22N4O3. The second kappa shape index (κ2) is 7.89. The van der Waals surface area contributed by atoms with Crippen LogP contribution in [0.25, 0.3) is 22.2 Å². The maximum Gasteiger partial charge on any atom is 0.344 e. The van der Waals surface area contributed by atoms with E-state index in [9.17, 15) is 4.79 Å². The topological polar surface area (TPSA) is 92.3 Å². The molecule has 0 amide bonds. The smallest absolute Gasteiger partial charge is 0.344 e. The molecule has 0 aliphatic heterocycles. The number of carbonyl (C=O) groups excluding carboxylic acids is 1. The predicted molar refractivity (Wildman–Crippen MR) is 112 cm³/mol. The Morgan fingerprint density at radius 2 is 1.72 bits per heavy atom. The van der Waals surface area contributed by atoms with Gasteiger partial charge in [-0.25, -0.2) is 14.8 Å². The van der Waals surface area contributed by atoms with Gasteiger partial charge in [0.2, 0.25) is 0 Å². The normalized spacial score (nSPS) is 12.3. The Labute approximate surface area is 168 Å². The Hall–Kier alpha value is -3.45.